The monoisotopic (exact) mass is 642 g/mol. The number of aliphatic hydroxyl groups excluding tert-OH is 1. The zero-order valence-corrected chi connectivity index (χ0v) is 26.4. The molecule has 1 aliphatic heterocycles. The molecule has 0 spiro atoms. The molecule has 1 aliphatic rings. The quantitative estimate of drug-likeness (QED) is 0.0929. The van der Waals surface area contributed by atoms with Gasteiger partial charge in [0.05, 0.1) is 18.8 Å². The van der Waals surface area contributed by atoms with Gasteiger partial charge in [-0.2, -0.15) is 4.73 Å². The number of carboxylic acid groups (broad SMARTS) is 1. The average molecular weight is 643 g/mol. The van der Waals surface area contributed by atoms with E-state index in [1.54, 1.807) is 12.1 Å². The van der Waals surface area contributed by atoms with Crippen LogP contribution in [0.1, 0.15) is 60.8 Å². The molecule has 0 saturated carbocycles. The summed E-state index contributed by atoms with van der Waals surface area (Å²) in [4.78, 5) is 22.8. The first-order chi connectivity index (χ1) is 22.3. The summed E-state index contributed by atoms with van der Waals surface area (Å²) in [5.74, 6) is -0.518. The van der Waals surface area contributed by atoms with Gasteiger partial charge in [-0.05, 0) is 46.4 Å². The van der Waals surface area contributed by atoms with Crippen molar-refractivity contribution in [2.75, 3.05) is 5.75 Å². The van der Waals surface area contributed by atoms with Crippen molar-refractivity contribution in [1.82, 2.24) is 5.32 Å². The van der Waals surface area contributed by atoms with E-state index in [-0.39, 0.29) is 43.5 Å². The molecule has 46 heavy (non-hydrogen) atoms. The van der Waals surface area contributed by atoms with Gasteiger partial charge in [0, 0.05) is 48.8 Å². The Morgan fingerprint density at radius 1 is 0.891 bits per heavy atom. The third-order valence-corrected chi connectivity index (χ3v) is 9.14. The van der Waals surface area contributed by atoms with Crippen LogP contribution in [0.25, 0.3) is 11.1 Å². The highest BCUT2D eigenvalue weighted by atomic mass is 32.2. The lowest BCUT2D eigenvalue weighted by Gasteiger charge is -2.41. The topological polar surface area (TPSA) is 132 Å². The van der Waals surface area contributed by atoms with Gasteiger partial charge in [0.2, 0.25) is 5.91 Å². The number of nitrogens with zero attached hydrogens (tertiary/aromatic N) is 1. The minimum Gasteiger partial charge on any atom is -0.618 e. The second-order valence-electron chi connectivity index (χ2n) is 11.3. The summed E-state index contributed by atoms with van der Waals surface area (Å²) in [5.41, 5.74) is 5.62. The molecule has 0 aliphatic carbocycles. The molecule has 3 aromatic carbocycles. The number of aromatic nitrogens is 1. The van der Waals surface area contributed by atoms with E-state index in [4.69, 9.17) is 14.6 Å². The fraction of sp³-hybridized carbons (Fsp3) is 0.306. The number of nitrogens with one attached hydrogen (secondary N) is 1. The van der Waals surface area contributed by atoms with Crippen molar-refractivity contribution in [3.8, 4) is 11.1 Å². The van der Waals surface area contributed by atoms with Crippen LogP contribution in [0.15, 0.2) is 102 Å². The Bertz CT molecular complexity index is 1610. The minimum atomic E-state index is -0.906. The van der Waals surface area contributed by atoms with E-state index in [1.807, 2.05) is 78.9 Å². The van der Waals surface area contributed by atoms with E-state index in [9.17, 15) is 19.9 Å². The number of benzene rings is 3. The maximum Gasteiger partial charge on any atom is 0.303 e. The van der Waals surface area contributed by atoms with E-state index in [2.05, 4.69) is 12.2 Å². The number of hydrogen-bond donors (Lipinski definition) is 3. The van der Waals surface area contributed by atoms with Crippen LogP contribution >= 0.6 is 11.8 Å². The molecule has 1 amide bonds. The first-order valence-electron chi connectivity index (χ1n) is 15.3. The molecule has 4 aromatic rings. The lowest BCUT2D eigenvalue weighted by Crippen LogP contribution is -2.39. The fourth-order valence-electron chi connectivity index (χ4n) is 5.38. The van der Waals surface area contributed by atoms with Crippen molar-refractivity contribution in [2.24, 2.45) is 5.92 Å². The molecule has 0 bridgehead atoms. The zero-order chi connectivity index (χ0) is 32.5. The highest BCUT2D eigenvalue weighted by Gasteiger charge is 2.38. The van der Waals surface area contributed by atoms with Crippen molar-refractivity contribution < 1.29 is 34.0 Å². The molecular weight excluding hydrogens is 604 g/mol. The number of pyridine rings is 1. The number of amides is 1. The third-order valence-electron chi connectivity index (χ3n) is 8.03. The second kappa shape index (κ2) is 15.9. The fourth-order valence-corrected chi connectivity index (χ4v) is 6.46. The number of ether oxygens (including phenoxy) is 2. The Morgan fingerprint density at radius 2 is 1.65 bits per heavy atom. The molecule has 1 saturated heterocycles. The van der Waals surface area contributed by atoms with Gasteiger partial charge in [0.15, 0.2) is 12.5 Å². The maximum absolute atomic E-state index is 12.3. The number of rotatable bonds is 13. The van der Waals surface area contributed by atoms with Crippen LogP contribution in [-0.2, 0) is 32.2 Å². The van der Waals surface area contributed by atoms with Crippen LogP contribution in [-0.4, -0.2) is 33.9 Å². The zero-order valence-electron chi connectivity index (χ0n) is 25.6. The highest BCUT2D eigenvalue weighted by molar-refractivity contribution is 7.99. The van der Waals surface area contributed by atoms with Crippen LogP contribution in [0, 0.1) is 11.1 Å². The normalized spacial score (nSPS) is 19.4. The molecular formula is C36H38N2O7S. The van der Waals surface area contributed by atoms with Gasteiger partial charge >= 0.3 is 5.97 Å². The molecule has 1 fully saturated rings. The molecule has 9 nitrogen and oxygen atoms in total. The van der Waals surface area contributed by atoms with Crippen LogP contribution in [0.4, 0.5) is 0 Å². The molecule has 3 N–H and O–H groups in total. The molecule has 0 radical (unpaired) electrons. The highest BCUT2D eigenvalue weighted by Crippen LogP contribution is 2.43. The summed E-state index contributed by atoms with van der Waals surface area (Å²) in [6.45, 7) is 2.42. The molecule has 5 rings (SSSR count). The number of thioether (sulfide) groups is 1. The van der Waals surface area contributed by atoms with E-state index < -0.39 is 12.3 Å². The molecule has 0 unspecified atom stereocenters. The van der Waals surface area contributed by atoms with Gasteiger partial charge < -0.3 is 30.2 Å². The lowest BCUT2D eigenvalue weighted by molar-refractivity contribution is -0.645. The van der Waals surface area contributed by atoms with Crippen molar-refractivity contribution in [1.29, 1.82) is 0 Å². The smallest absolute Gasteiger partial charge is 0.303 e. The summed E-state index contributed by atoms with van der Waals surface area (Å²) < 4.78 is 14.0. The summed E-state index contributed by atoms with van der Waals surface area (Å²) >= 11 is 1.46. The number of carbonyl (C=O) groups is 2. The Morgan fingerprint density at radius 3 is 2.37 bits per heavy atom. The van der Waals surface area contributed by atoms with Gasteiger partial charge in [-0.3, -0.25) is 9.59 Å². The first kappa shape index (κ1) is 33.2. The Kier molecular flexibility index (Phi) is 11.4. The van der Waals surface area contributed by atoms with Gasteiger partial charge in [0.25, 0.3) is 5.03 Å². The summed E-state index contributed by atoms with van der Waals surface area (Å²) in [6.07, 6.45) is 0.855. The largest absolute Gasteiger partial charge is 0.618 e. The Labute approximate surface area is 272 Å². The minimum absolute atomic E-state index is 0.00721. The van der Waals surface area contributed by atoms with Crippen LogP contribution in [0.3, 0.4) is 0 Å². The van der Waals surface area contributed by atoms with Crippen molar-refractivity contribution >= 4 is 23.6 Å². The van der Waals surface area contributed by atoms with Crippen molar-refractivity contribution in [2.45, 2.75) is 62.9 Å². The van der Waals surface area contributed by atoms with Gasteiger partial charge in [0.1, 0.15) is 0 Å². The van der Waals surface area contributed by atoms with Crippen molar-refractivity contribution in [3.05, 3.63) is 125 Å². The van der Waals surface area contributed by atoms with Crippen LogP contribution < -0.4 is 10.0 Å². The molecule has 2 heterocycles. The average Bonchev–Trinajstić information content (AvgIpc) is 3.07. The number of carbonyl (C=O) groups excluding carboxylic acids is 1. The standard InChI is InChI=1S/C36H38N2O7S/c1-24-31(23-46-33-9-2-3-19-38(33)43)44-36(45-35(24)28-13-11-25(22-39)12-14-28)29-17-15-27(16-18-29)30-7-4-6-26(20-30)21-37-32(40)8-5-10-34(41)42/h2-4,6-7,9,11-20,24,31,35-36,39H,5,8,10,21-23H2,1H3,(H,37,40)(H,41,42)/t24-,31+,35+,36+/m1/s1. The first-order valence-corrected chi connectivity index (χ1v) is 16.3. The molecule has 4 atom stereocenters. The van der Waals surface area contributed by atoms with Gasteiger partial charge in [-0.1, -0.05) is 85.4 Å². The number of hydrogen-bond acceptors (Lipinski definition) is 7. The summed E-state index contributed by atoms with van der Waals surface area (Å²) in [6, 6.07) is 29.0. The predicted octanol–water partition coefficient (Wildman–Crippen LogP) is 5.93. The van der Waals surface area contributed by atoms with E-state index in [0.717, 1.165) is 38.1 Å². The number of aliphatic hydroxyl groups is 1. The SMILES string of the molecule is C[C@@H]1[C@H](CSc2cccc[n+]2[O-])O[C@H](c2ccc(-c3cccc(CNC(=O)CCCC(=O)O)c3)cc2)O[C@@H]1c1ccc(CO)cc1. The van der Waals surface area contributed by atoms with E-state index >= 15 is 0 Å². The Hall–Kier alpha value is -4.22. The van der Waals surface area contributed by atoms with Crippen LogP contribution in [0.2, 0.25) is 0 Å². The Balaban J connectivity index is 1.29. The van der Waals surface area contributed by atoms with E-state index in [1.165, 1.54) is 18.0 Å². The van der Waals surface area contributed by atoms with Gasteiger partial charge in [-0.25, -0.2) is 0 Å². The van der Waals surface area contributed by atoms with E-state index in [0.29, 0.717) is 23.7 Å². The maximum atomic E-state index is 12.3. The summed E-state index contributed by atoms with van der Waals surface area (Å²) in [7, 11) is 0. The summed E-state index contributed by atoms with van der Waals surface area (Å²) in [5, 5.41) is 34.0. The van der Waals surface area contributed by atoms with Crippen LogP contribution in [0.5, 0.6) is 0 Å². The third kappa shape index (κ3) is 8.73. The molecule has 10 heteroatoms. The number of carboxylic acids is 1. The van der Waals surface area contributed by atoms with Crippen molar-refractivity contribution in [3.63, 3.8) is 0 Å². The molecule has 1 aromatic heterocycles. The molecule has 240 valence electrons. The number of aliphatic carboxylic acids is 1. The van der Waals surface area contributed by atoms with Gasteiger partial charge in [-0.15, -0.1) is 0 Å². The lowest BCUT2D eigenvalue weighted by atomic mass is 9.91. The predicted molar refractivity (Wildman–Crippen MR) is 174 cm³/mol. The second-order valence-corrected chi connectivity index (χ2v) is 12.4.